The third-order valence-electron chi connectivity index (χ3n) is 2.14. The van der Waals surface area contributed by atoms with Crippen molar-refractivity contribution < 1.29 is 9.90 Å². The molecule has 0 aliphatic rings. The molecular weight excluding hydrogens is 218 g/mol. The van der Waals surface area contributed by atoms with Crippen molar-refractivity contribution in [1.82, 2.24) is 4.98 Å². The highest BCUT2D eigenvalue weighted by Crippen LogP contribution is 2.14. The summed E-state index contributed by atoms with van der Waals surface area (Å²) in [5, 5.41) is 17.5. The van der Waals surface area contributed by atoms with Crippen LogP contribution in [0.5, 0.6) is 0 Å². The SMILES string of the molecule is CC(C)CN(CC(=O)O)c1ccc(C#N)nc1. The van der Waals surface area contributed by atoms with Crippen LogP contribution in [-0.4, -0.2) is 29.1 Å². The number of anilines is 1. The summed E-state index contributed by atoms with van der Waals surface area (Å²) in [6, 6.07) is 5.24. The fraction of sp³-hybridized carbons (Fsp3) is 0.417. The van der Waals surface area contributed by atoms with E-state index in [2.05, 4.69) is 4.98 Å². The van der Waals surface area contributed by atoms with E-state index in [0.717, 1.165) is 5.69 Å². The van der Waals surface area contributed by atoms with E-state index in [1.807, 2.05) is 19.9 Å². The predicted molar refractivity (Wildman–Crippen MR) is 63.6 cm³/mol. The fourth-order valence-corrected chi connectivity index (χ4v) is 1.50. The van der Waals surface area contributed by atoms with Gasteiger partial charge in [-0.25, -0.2) is 4.98 Å². The maximum Gasteiger partial charge on any atom is 0.323 e. The zero-order chi connectivity index (χ0) is 12.8. The summed E-state index contributed by atoms with van der Waals surface area (Å²) < 4.78 is 0. The maximum atomic E-state index is 10.8. The molecule has 0 aliphatic carbocycles. The van der Waals surface area contributed by atoms with Gasteiger partial charge in [0.05, 0.1) is 11.9 Å². The lowest BCUT2D eigenvalue weighted by atomic mass is 10.2. The van der Waals surface area contributed by atoms with Gasteiger partial charge in [0.1, 0.15) is 18.3 Å². The number of aliphatic carboxylic acids is 1. The highest BCUT2D eigenvalue weighted by molar-refractivity contribution is 5.73. The molecule has 0 fully saturated rings. The number of carboxylic acid groups (broad SMARTS) is 1. The van der Waals surface area contributed by atoms with Gasteiger partial charge in [-0.2, -0.15) is 5.26 Å². The van der Waals surface area contributed by atoms with Gasteiger partial charge < -0.3 is 10.0 Å². The number of pyridine rings is 1. The van der Waals surface area contributed by atoms with Crippen molar-refractivity contribution in [3.8, 4) is 6.07 Å². The van der Waals surface area contributed by atoms with Gasteiger partial charge >= 0.3 is 5.97 Å². The van der Waals surface area contributed by atoms with Crippen LogP contribution in [-0.2, 0) is 4.79 Å². The molecule has 1 aromatic rings. The minimum atomic E-state index is -0.880. The van der Waals surface area contributed by atoms with E-state index >= 15 is 0 Å². The van der Waals surface area contributed by atoms with Crippen LogP contribution >= 0.6 is 0 Å². The van der Waals surface area contributed by atoms with Crippen molar-refractivity contribution in [2.75, 3.05) is 18.0 Å². The molecule has 0 spiro atoms. The first-order valence-corrected chi connectivity index (χ1v) is 5.36. The summed E-state index contributed by atoms with van der Waals surface area (Å²) in [6.07, 6.45) is 1.53. The molecule has 90 valence electrons. The van der Waals surface area contributed by atoms with Gasteiger partial charge in [0, 0.05) is 6.54 Å². The Morgan fingerprint density at radius 2 is 2.29 bits per heavy atom. The lowest BCUT2D eigenvalue weighted by Gasteiger charge is -2.24. The van der Waals surface area contributed by atoms with Gasteiger partial charge in [-0.05, 0) is 18.1 Å². The topological polar surface area (TPSA) is 77.2 Å². The molecule has 0 aliphatic heterocycles. The number of rotatable bonds is 5. The van der Waals surface area contributed by atoms with Gasteiger partial charge in [-0.15, -0.1) is 0 Å². The van der Waals surface area contributed by atoms with E-state index in [9.17, 15) is 4.79 Å². The summed E-state index contributed by atoms with van der Waals surface area (Å²) in [5.41, 5.74) is 1.05. The third kappa shape index (κ3) is 4.11. The average Bonchev–Trinajstić information content (AvgIpc) is 2.27. The van der Waals surface area contributed by atoms with Crippen molar-refractivity contribution in [3.05, 3.63) is 24.0 Å². The van der Waals surface area contributed by atoms with Crippen molar-refractivity contribution in [1.29, 1.82) is 5.26 Å². The van der Waals surface area contributed by atoms with Gasteiger partial charge in [0.15, 0.2) is 0 Å². The zero-order valence-corrected chi connectivity index (χ0v) is 9.92. The predicted octanol–water partition coefficient (Wildman–Crippen LogP) is 1.50. The second-order valence-electron chi connectivity index (χ2n) is 4.18. The number of carboxylic acids is 1. The van der Waals surface area contributed by atoms with Crippen LogP contribution in [0.25, 0.3) is 0 Å². The molecule has 0 radical (unpaired) electrons. The van der Waals surface area contributed by atoms with Crippen LogP contribution in [0.3, 0.4) is 0 Å². The molecule has 1 N–H and O–H groups in total. The number of hydrogen-bond donors (Lipinski definition) is 1. The van der Waals surface area contributed by atoms with E-state index < -0.39 is 5.97 Å². The first kappa shape index (κ1) is 13.0. The summed E-state index contributed by atoms with van der Waals surface area (Å²) in [5.74, 6) is -0.528. The van der Waals surface area contributed by atoms with Crippen LogP contribution in [0, 0.1) is 17.2 Å². The van der Waals surface area contributed by atoms with Crippen molar-refractivity contribution in [2.45, 2.75) is 13.8 Å². The smallest absolute Gasteiger partial charge is 0.323 e. The number of hydrogen-bond acceptors (Lipinski definition) is 4. The van der Waals surface area contributed by atoms with Crippen LogP contribution in [0.1, 0.15) is 19.5 Å². The number of nitriles is 1. The maximum absolute atomic E-state index is 10.8. The van der Waals surface area contributed by atoms with Gasteiger partial charge in [0.2, 0.25) is 0 Å². The Labute approximate surface area is 100 Å². The second-order valence-corrected chi connectivity index (χ2v) is 4.18. The minimum Gasteiger partial charge on any atom is -0.480 e. The Hall–Kier alpha value is -2.09. The molecule has 1 aromatic heterocycles. The van der Waals surface area contributed by atoms with Gasteiger partial charge in [0.25, 0.3) is 0 Å². The average molecular weight is 233 g/mol. The monoisotopic (exact) mass is 233 g/mol. The molecule has 1 rings (SSSR count). The van der Waals surface area contributed by atoms with E-state index in [1.54, 1.807) is 17.0 Å². The minimum absolute atomic E-state index is 0.0637. The van der Waals surface area contributed by atoms with Crippen LogP contribution in [0.15, 0.2) is 18.3 Å². The molecule has 0 bridgehead atoms. The number of aromatic nitrogens is 1. The third-order valence-corrected chi connectivity index (χ3v) is 2.14. The lowest BCUT2D eigenvalue weighted by Crippen LogP contribution is -2.33. The van der Waals surface area contributed by atoms with Gasteiger partial charge in [-0.3, -0.25) is 4.79 Å². The Morgan fingerprint density at radius 3 is 2.71 bits per heavy atom. The standard InChI is InChI=1S/C12H15N3O2/c1-9(2)7-15(8-12(16)17)11-4-3-10(5-13)14-6-11/h3-4,6,9H,7-8H2,1-2H3,(H,16,17). The summed E-state index contributed by atoms with van der Waals surface area (Å²) in [4.78, 5) is 16.4. The summed E-state index contributed by atoms with van der Waals surface area (Å²) in [7, 11) is 0. The van der Waals surface area contributed by atoms with Crippen molar-refractivity contribution in [3.63, 3.8) is 0 Å². The fourth-order valence-electron chi connectivity index (χ4n) is 1.50. The largest absolute Gasteiger partial charge is 0.480 e. The van der Waals surface area contributed by atoms with E-state index in [1.165, 1.54) is 6.20 Å². The summed E-state index contributed by atoms with van der Waals surface area (Å²) in [6.45, 7) is 4.61. The second kappa shape index (κ2) is 5.85. The Kier molecular flexibility index (Phi) is 4.46. The van der Waals surface area contributed by atoms with E-state index in [4.69, 9.17) is 10.4 Å². The molecule has 0 aromatic carbocycles. The Balaban J connectivity index is 2.87. The van der Waals surface area contributed by atoms with Crippen LogP contribution in [0.4, 0.5) is 5.69 Å². The van der Waals surface area contributed by atoms with Gasteiger partial charge in [-0.1, -0.05) is 13.8 Å². The van der Waals surface area contributed by atoms with Crippen LogP contribution in [0.2, 0.25) is 0 Å². The zero-order valence-electron chi connectivity index (χ0n) is 9.92. The molecular formula is C12H15N3O2. The molecule has 5 nitrogen and oxygen atoms in total. The highest BCUT2D eigenvalue weighted by atomic mass is 16.4. The normalized spacial score (nSPS) is 10.0. The lowest BCUT2D eigenvalue weighted by molar-refractivity contribution is -0.135. The molecule has 17 heavy (non-hydrogen) atoms. The van der Waals surface area contributed by atoms with Crippen molar-refractivity contribution in [2.24, 2.45) is 5.92 Å². The van der Waals surface area contributed by atoms with E-state index in [0.29, 0.717) is 18.2 Å². The van der Waals surface area contributed by atoms with Crippen LogP contribution < -0.4 is 4.90 Å². The van der Waals surface area contributed by atoms with E-state index in [-0.39, 0.29) is 6.54 Å². The molecule has 0 saturated heterocycles. The molecule has 0 saturated carbocycles. The molecule has 0 unspecified atom stereocenters. The molecule has 5 heteroatoms. The first-order valence-electron chi connectivity index (χ1n) is 5.36. The molecule has 0 amide bonds. The molecule has 0 atom stereocenters. The number of nitrogens with zero attached hydrogens (tertiary/aromatic N) is 3. The Morgan fingerprint density at radius 1 is 1.59 bits per heavy atom. The summed E-state index contributed by atoms with van der Waals surface area (Å²) >= 11 is 0. The van der Waals surface area contributed by atoms with Crippen molar-refractivity contribution >= 4 is 11.7 Å². The highest BCUT2D eigenvalue weighted by Gasteiger charge is 2.12. The number of carbonyl (C=O) groups is 1. The first-order chi connectivity index (χ1) is 8.02. The Bertz CT molecular complexity index is 420. The molecule has 1 heterocycles. The quantitative estimate of drug-likeness (QED) is 0.833.